The van der Waals surface area contributed by atoms with E-state index in [9.17, 15) is 0 Å². The fraction of sp³-hybridized carbons (Fsp3) is 0.200. The van der Waals surface area contributed by atoms with Crippen LogP contribution in [0.1, 0.15) is 11.5 Å². The van der Waals surface area contributed by atoms with Gasteiger partial charge in [0.1, 0.15) is 11.5 Å². The summed E-state index contributed by atoms with van der Waals surface area (Å²) in [5.41, 5.74) is 8.24. The number of pyridine rings is 1. The largest absolute Gasteiger partial charge is 0.344 e. The molecule has 0 bridgehead atoms. The Morgan fingerprint density at radius 2 is 2.29 bits per heavy atom. The SMILES string of the molecule is Cc1nc(-c2ccccn2)c(CN)[nH]1. The van der Waals surface area contributed by atoms with Gasteiger partial charge in [0.15, 0.2) is 0 Å². The van der Waals surface area contributed by atoms with Gasteiger partial charge in [0.05, 0.1) is 11.4 Å². The lowest BCUT2D eigenvalue weighted by Gasteiger charge is -1.97. The number of nitrogens with zero attached hydrogens (tertiary/aromatic N) is 2. The van der Waals surface area contributed by atoms with Crippen molar-refractivity contribution in [3.05, 3.63) is 35.9 Å². The van der Waals surface area contributed by atoms with Gasteiger partial charge in [-0.3, -0.25) is 4.98 Å². The molecule has 2 heterocycles. The van der Waals surface area contributed by atoms with E-state index >= 15 is 0 Å². The molecule has 0 unspecified atom stereocenters. The number of aromatic nitrogens is 3. The van der Waals surface area contributed by atoms with Crippen molar-refractivity contribution in [2.75, 3.05) is 0 Å². The van der Waals surface area contributed by atoms with Crippen LogP contribution in [0.5, 0.6) is 0 Å². The van der Waals surface area contributed by atoms with Crippen LogP contribution in [0, 0.1) is 6.92 Å². The molecular weight excluding hydrogens is 176 g/mol. The number of aromatic amines is 1. The number of aryl methyl sites for hydroxylation is 1. The van der Waals surface area contributed by atoms with E-state index in [0.29, 0.717) is 6.54 Å². The predicted octanol–water partition coefficient (Wildman–Crippen LogP) is 1.24. The molecule has 14 heavy (non-hydrogen) atoms. The highest BCUT2D eigenvalue weighted by atomic mass is 15.0. The summed E-state index contributed by atoms with van der Waals surface area (Å²) < 4.78 is 0. The normalized spacial score (nSPS) is 10.4. The average Bonchev–Trinajstić information content (AvgIpc) is 2.61. The van der Waals surface area contributed by atoms with Gasteiger partial charge in [-0.15, -0.1) is 0 Å². The highest BCUT2D eigenvalue weighted by Crippen LogP contribution is 2.18. The summed E-state index contributed by atoms with van der Waals surface area (Å²) in [6, 6.07) is 5.74. The Morgan fingerprint density at radius 3 is 2.93 bits per heavy atom. The van der Waals surface area contributed by atoms with E-state index in [0.717, 1.165) is 22.9 Å². The van der Waals surface area contributed by atoms with Gasteiger partial charge in [0.2, 0.25) is 0 Å². The van der Waals surface area contributed by atoms with Crippen LogP contribution in [0.15, 0.2) is 24.4 Å². The Morgan fingerprint density at radius 1 is 1.43 bits per heavy atom. The van der Waals surface area contributed by atoms with Gasteiger partial charge >= 0.3 is 0 Å². The molecule has 0 aliphatic rings. The van der Waals surface area contributed by atoms with Crippen LogP contribution < -0.4 is 5.73 Å². The molecule has 0 aromatic carbocycles. The number of hydrogen-bond donors (Lipinski definition) is 2. The van der Waals surface area contributed by atoms with Crippen molar-refractivity contribution >= 4 is 0 Å². The molecule has 4 nitrogen and oxygen atoms in total. The van der Waals surface area contributed by atoms with E-state index in [1.54, 1.807) is 6.20 Å². The average molecular weight is 188 g/mol. The second kappa shape index (κ2) is 3.59. The monoisotopic (exact) mass is 188 g/mol. The van der Waals surface area contributed by atoms with Gasteiger partial charge in [-0.25, -0.2) is 4.98 Å². The van der Waals surface area contributed by atoms with Crippen LogP contribution in [0.25, 0.3) is 11.4 Å². The summed E-state index contributed by atoms with van der Waals surface area (Å²) >= 11 is 0. The van der Waals surface area contributed by atoms with Crippen molar-refractivity contribution in [1.29, 1.82) is 0 Å². The molecule has 0 saturated heterocycles. The molecule has 2 rings (SSSR count). The molecule has 0 amide bonds. The molecule has 0 aliphatic heterocycles. The van der Waals surface area contributed by atoms with E-state index in [2.05, 4.69) is 15.0 Å². The van der Waals surface area contributed by atoms with E-state index in [-0.39, 0.29) is 0 Å². The van der Waals surface area contributed by atoms with Crippen LogP contribution in [0.2, 0.25) is 0 Å². The number of imidazole rings is 1. The summed E-state index contributed by atoms with van der Waals surface area (Å²) in [6.45, 7) is 2.36. The van der Waals surface area contributed by atoms with Gasteiger partial charge in [-0.2, -0.15) is 0 Å². The van der Waals surface area contributed by atoms with E-state index in [1.165, 1.54) is 0 Å². The van der Waals surface area contributed by atoms with Crippen molar-refractivity contribution in [3.8, 4) is 11.4 Å². The second-order valence-electron chi connectivity index (χ2n) is 3.07. The van der Waals surface area contributed by atoms with Gasteiger partial charge in [0.25, 0.3) is 0 Å². The summed E-state index contributed by atoms with van der Waals surface area (Å²) in [5.74, 6) is 0.867. The minimum atomic E-state index is 0.451. The lowest BCUT2D eigenvalue weighted by molar-refractivity contribution is 0.997. The zero-order chi connectivity index (χ0) is 9.97. The van der Waals surface area contributed by atoms with Crippen LogP contribution >= 0.6 is 0 Å². The summed E-state index contributed by atoms with van der Waals surface area (Å²) in [5, 5.41) is 0. The first-order chi connectivity index (χ1) is 6.81. The maximum atomic E-state index is 5.60. The molecule has 4 heteroatoms. The number of nitrogens with two attached hydrogens (primary N) is 1. The third-order valence-electron chi connectivity index (χ3n) is 2.01. The molecule has 0 atom stereocenters. The molecule has 2 aromatic rings. The zero-order valence-corrected chi connectivity index (χ0v) is 7.99. The van der Waals surface area contributed by atoms with Gasteiger partial charge < -0.3 is 10.7 Å². The molecule has 0 saturated carbocycles. The molecule has 0 radical (unpaired) electrons. The van der Waals surface area contributed by atoms with Gasteiger partial charge in [0, 0.05) is 12.7 Å². The number of hydrogen-bond acceptors (Lipinski definition) is 3. The summed E-state index contributed by atoms with van der Waals surface area (Å²) in [6.07, 6.45) is 1.75. The Bertz CT molecular complexity index is 419. The van der Waals surface area contributed by atoms with Crippen LogP contribution in [0.4, 0.5) is 0 Å². The highest BCUT2D eigenvalue weighted by molar-refractivity contribution is 5.57. The summed E-state index contributed by atoms with van der Waals surface area (Å²) in [7, 11) is 0. The fourth-order valence-electron chi connectivity index (χ4n) is 1.40. The van der Waals surface area contributed by atoms with E-state index in [1.807, 2.05) is 25.1 Å². The van der Waals surface area contributed by atoms with Crippen LogP contribution in [-0.4, -0.2) is 15.0 Å². The van der Waals surface area contributed by atoms with E-state index < -0.39 is 0 Å². The quantitative estimate of drug-likeness (QED) is 0.745. The number of nitrogens with one attached hydrogen (secondary N) is 1. The molecule has 72 valence electrons. The lowest BCUT2D eigenvalue weighted by atomic mass is 10.2. The topological polar surface area (TPSA) is 67.6 Å². The summed E-state index contributed by atoms with van der Waals surface area (Å²) in [4.78, 5) is 11.7. The minimum absolute atomic E-state index is 0.451. The minimum Gasteiger partial charge on any atom is -0.344 e. The number of rotatable bonds is 2. The standard InChI is InChI=1S/C10H12N4/c1-7-13-9(6-11)10(14-7)8-4-2-3-5-12-8/h2-5H,6,11H2,1H3,(H,13,14). The van der Waals surface area contributed by atoms with Crippen molar-refractivity contribution in [3.63, 3.8) is 0 Å². The van der Waals surface area contributed by atoms with Crippen LogP contribution in [-0.2, 0) is 6.54 Å². The third kappa shape index (κ3) is 1.52. The Kier molecular flexibility index (Phi) is 2.28. The van der Waals surface area contributed by atoms with Crippen molar-refractivity contribution in [2.45, 2.75) is 13.5 Å². The van der Waals surface area contributed by atoms with Crippen molar-refractivity contribution < 1.29 is 0 Å². The molecular formula is C10H12N4. The maximum absolute atomic E-state index is 5.60. The molecule has 3 N–H and O–H groups in total. The Labute approximate surface area is 82.2 Å². The fourth-order valence-corrected chi connectivity index (χ4v) is 1.40. The second-order valence-corrected chi connectivity index (χ2v) is 3.07. The van der Waals surface area contributed by atoms with Gasteiger partial charge in [-0.05, 0) is 19.1 Å². The molecule has 0 fully saturated rings. The predicted molar refractivity (Wildman–Crippen MR) is 54.4 cm³/mol. The highest BCUT2D eigenvalue weighted by Gasteiger charge is 2.09. The maximum Gasteiger partial charge on any atom is 0.111 e. The lowest BCUT2D eigenvalue weighted by Crippen LogP contribution is -1.99. The molecule has 2 aromatic heterocycles. The first-order valence-electron chi connectivity index (χ1n) is 4.48. The first-order valence-corrected chi connectivity index (χ1v) is 4.48. The molecule has 0 spiro atoms. The van der Waals surface area contributed by atoms with Gasteiger partial charge in [-0.1, -0.05) is 6.07 Å². The third-order valence-corrected chi connectivity index (χ3v) is 2.01. The first kappa shape index (κ1) is 8.90. The smallest absolute Gasteiger partial charge is 0.111 e. The Balaban J connectivity index is 2.51. The zero-order valence-electron chi connectivity index (χ0n) is 7.99. The Hall–Kier alpha value is -1.68. The van der Waals surface area contributed by atoms with Crippen LogP contribution in [0.3, 0.4) is 0 Å². The molecule has 0 aliphatic carbocycles. The number of H-pyrrole nitrogens is 1. The van der Waals surface area contributed by atoms with E-state index in [4.69, 9.17) is 5.73 Å². The van der Waals surface area contributed by atoms with Crippen molar-refractivity contribution in [2.24, 2.45) is 5.73 Å². The van der Waals surface area contributed by atoms with Crippen molar-refractivity contribution in [1.82, 2.24) is 15.0 Å².